The van der Waals surface area contributed by atoms with E-state index in [2.05, 4.69) is 25.6 Å². The van der Waals surface area contributed by atoms with Crippen molar-refractivity contribution in [3.63, 3.8) is 0 Å². The highest BCUT2D eigenvalue weighted by atomic mass is 32.1. The minimum absolute atomic E-state index is 0.116. The summed E-state index contributed by atoms with van der Waals surface area (Å²) >= 11 is 1.37. The van der Waals surface area contributed by atoms with Gasteiger partial charge in [-0.25, -0.2) is 15.0 Å². The van der Waals surface area contributed by atoms with Crippen molar-refractivity contribution in [2.45, 2.75) is 20.4 Å². The summed E-state index contributed by atoms with van der Waals surface area (Å²) in [5.41, 5.74) is 1.71. The molecule has 3 heterocycles. The standard InChI is InChI=1S/C16H18N6OS/c1-3-18-16-21-11(2)14(24-16)15(23)20-9-12-4-5-19-13(8-12)22-7-6-17-10-22/h4-8,10H,3,9H2,1-2H3,(H,18,21)(H,20,23). The molecule has 0 aromatic carbocycles. The zero-order chi connectivity index (χ0) is 16.9. The van der Waals surface area contributed by atoms with Crippen LogP contribution >= 0.6 is 11.3 Å². The zero-order valence-corrected chi connectivity index (χ0v) is 14.3. The van der Waals surface area contributed by atoms with Crippen LogP contribution in [0.25, 0.3) is 5.82 Å². The third-order valence-corrected chi connectivity index (χ3v) is 4.48. The van der Waals surface area contributed by atoms with Gasteiger partial charge in [-0.2, -0.15) is 0 Å². The molecule has 8 heteroatoms. The van der Waals surface area contributed by atoms with Crippen LogP contribution in [0.15, 0.2) is 37.1 Å². The lowest BCUT2D eigenvalue weighted by Crippen LogP contribution is -2.22. The van der Waals surface area contributed by atoms with Gasteiger partial charge in [-0.05, 0) is 31.5 Å². The summed E-state index contributed by atoms with van der Waals surface area (Å²) in [6.07, 6.45) is 6.93. The van der Waals surface area contributed by atoms with E-state index in [0.717, 1.165) is 28.8 Å². The highest BCUT2D eigenvalue weighted by Crippen LogP contribution is 2.22. The van der Waals surface area contributed by atoms with Crippen LogP contribution in [-0.2, 0) is 6.54 Å². The lowest BCUT2D eigenvalue weighted by atomic mass is 10.2. The van der Waals surface area contributed by atoms with Crippen LogP contribution in [0.3, 0.4) is 0 Å². The van der Waals surface area contributed by atoms with Gasteiger partial charge < -0.3 is 10.6 Å². The normalized spacial score (nSPS) is 10.6. The molecule has 0 bridgehead atoms. The van der Waals surface area contributed by atoms with Crippen LogP contribution in [0.4, 0.5) is 5.13 Å². The van der Waals surface area contributed by atoms with Crippen molar-refractivity contribution in [1.82, 2.24) is 24.8 Å². The van der Waals surface area contributed by atoms with Gasteiger partial charge in [0.15, 0.2) is 5.13 Å². The minimum atomic E-state index is -0.116. The number of nitrogens with zero attached hydrogens (tertiary/aromatic N) is 4. The third kappa shape index (κ3) is 3.60. The zero-order valence-electron chi connectivity index (χ0n) is 13.5. The molecule has 0 saturated heterocycles. The fourth-order valence-corrected chi connectivity index (χ4v) is 3.15. The molecule has 1 amide bonds. The van der Waals surface area contributed by atoms with Gasteiger partial charge in [-0.3, -0.25) is 9.36 Å². The predicted molar refractivity (Wildman–Crippen MR) is 93.5 cm³/mol. The van der Waals surface area contributed by atoms with Gasteiger partial charge in [-0.15, -0.1) is 0 Å². The number of thiazole rings is 1. The molecule has 0 radical (unpaired) electrons. The Labute approximate surface area is 143 Å². The number of amides is 1. The first-order valence-electron chi connectivity index (χ1n) is 7.60. The second kappa shape index (κ2) is 7.22. The maximum atomic E-state index is 12.4. The molecule has 0 unspecified atom stereocenters. The van der Waals surface area contributed by atoms with E-state index in [0.29, 0.717) is 11.4 Å². The predicted octanol–water partition coefficient (Wildman–Crippen LogP) is 2.39. The number of carbonyl (C=O) groups excluding carboxylic acids is 1. The van der Waals surface area contributed by atoms with Crippen molar-refractivity contribution in [3.8, 4) is 5.82 Å². The van der Waals surface area contributed by atoms with Gasteiger partial charge in [-0.1, -0.05) is 11.3 Å². The number of anilines is 1. The van der Waals surface area contributed by atoms with Crippen molar-refractivity contribution in [2.24, 2.45) is 0 Å². The first kappa shape index (κ1) is 16.1. The number of nitrogens with one attached hydrogen (secondary N) is 2. The Kier molecular flexibility index (Phi) is 4.85. The molecule has 3 rings (SSSR count). The summed E-state index contributed by atoms with van der Waals surface area (Å²) in [7, 11) is 0. The average molecular weight is 342 g/mol. The number of carbonyl (C=O) groups is 1. The molecule has 0 fully saturated rings. The topological polar surface area (TPSA) is 84.7 Å². The van der Waals surface area contributed by atoms with E-state index in [1.165, 1.54) is 11.3 Å². The molecule has 24 heavy (non-hydrogen) atoms. The van der Waals surface area contributed by atoms with Crippen LogP contribution in [0.5, 0.6) is 0 Å². The van der Waals surface area contributed by atoms with E-state index in [4.69, 9.17) is 0 Å². The third-order valence-electron chi connectivity index (χ3n) is 3.36. The average Bonchev–Trinajstić information content (AvgIpc) is 3.23. The summed E-state index contributed by atoms with van der Waals surface area (Å²) in [6, 6.07) is 3.80. The second-order valence-electron chi connectivity index (χ2n) is 5.14. The molecule has 0 aliphatic carbocycles. The highest BCUT2D eigenvalue weighted by Gasteiger charge is 2.14. The maximum absolute atomic E-state index is 12.4. The van der Waals surface area contributed by atoms with E-state index in [1.807, 2.05) is 36.7 Å². The highest BCUT2D eigenvalue weighted by molar-refractivity contribution is 7.17. The summed E-state index contributed by atoms with van der Waals surface area (Å²) < 4.78 is 1.82. The van der Waals surface area contributed by atoms with Crippen LogP contribution in [0.2, 0.25) is 0 Å². The number of imidazole rings is 1. The maximum Gasteiger partial charge on any atom is 0.263 e. The van der Waals surface area contributed by atoms with Gasteiger partial charge >= 0.3 is 0 Å². The van der Waals surface area contributed by atoms with Crippen LogP contribution in [0, 0.1) is 6.92 Å². The lowest BCUT2D eigenvalue weighted by Gasteiger charge is -2.06. The smallest absolute Gasteiger partial charge is 0.263 e. The molecule has 0 aliphatic heterocycles. The molecule has 0 aliphatic rings. The Bertz CT molecular complexity index is 827. The van der Waals surface area contributed by atoms with Crippen molar-refractivity contribution in [2.75, 3.05) is 11.9 Å². The summed E-state index contributed by atoms with van der Waals surface area (Å²) in [5, 5.41) is 6.84. The Morgan fingerprint density at radius 2 is 2.25 bits per heavy atom. The SMILES string of the molecule is CCNc1nc(C)c(C(=O)NCc2ccnc(-n3ccnc3)c2)s1. The van der Waals surface area contributed by atoms with Gasteiger partial charge in [0.2, 0.25) is 0 Å². The molecule has 2 N–H and O–H groups in total. The minimum Gasteiger partial charge on any atom is -0.362 e. The Hall–Kier alpha value is -2.74. The second-order valence-corrected chi connectivity index (χ2v) is 6.14. The number of pyridine rings is 1. The number of rotatable bonds is 6. The Balaban J connectivity index is 1.67. The van der Waals surface area contributed by atoms with Gasteiger partial charge in [0, 0.05) is 31.7 Å². The summed E-state index contributed by atoms with van der Waals surface area (Å²) in [4.78, 5) is 25.7. The quantitative estimate of drug-likeness (QED) is 0.718. The van der Waals surface area contributed by atoms with E-state index in [1.54, 1.807) is 18.7 Å². The molecule has 3 aromatic heterocycles. The molecule has 3 aromatic rings. The van der Waals surface area contributed by atoms with Gasteiger partial charge in [0.1, 0.15) is 17.0 Å². The molecule has 0 atom stereocenters. The monoisotopic (exact) mass is 342 g/mol. The van der Waals surface area contributed by atoms with Crippen LogP contribution in [0.1, 0.15) is 27.9 Å². The van der Waals surface area contributed by atoms with Crippen molar-refractivity contribution in [3.05, 3.63) is 53.2 Å². The fraction of sp³-hybridized carbons (Fsp3) is 0.250. The number of hydrogen-bond acceptors (Lipinski definition) is 6. The van der Waals surface area contributed by atoms with Gasteiger partial charge in [0.25, 0.3) is 5.91 Å². The Morgan fingerprint density at radius 1 is 1.38 bits per heavy atom. The molecule has 7 nitrogen and oxygen atoms in total. The van der Waals surface area contributed by atoms with Crippen molar-refractivity contribution >= 4 is 22.4 Å². The molecule has 0 spiro atoms. The van der Waals surface area contributed by atoms with E-state index < -0.39 is 0 Å². The molecule has 124 valence electrons. The van der Waals surface area contributed by atoms with E-state index >= 15 is 0 Å². The fourth-order valence-electron chi connectivity index (χ4n) is 2.20. The van der Waals surface area contributed by atoms with Crippen molar-refractivity contribution in [1.29, 1.82) is 0 Å². The molecule has 0 saturated carbocycles. The first-order chi connectivity index (χ1) is 11.7. The van der Waals surface area contributed by atoms with Crippen LogP contribution in [-0.4, -0.2) is 32.0 Å². The summed E-state index contributed by atoms with van der Waals surface area (Å²) in [5.74, 6) is 0.651. The summed E-state index contributed by atoms with van der Waals surface area (Å²) in [6.45, 7) is 5.05. The van der Waals surface area contributed by atoms with Crippen molar-refractivity contribution < 1.29 is 4.79 Å². The molecular weight excluding hydrogens is 324 g/mol. The number of aryl methyl sites for hydroxylation is 1. The number of hydrogen-bond donors (Lipinski definition) is 2. The Morgan fingerprint density at radius 3 is 3.00 bits per heavy atom. The van der Waals surface area contributed by atoms with Gasteiger partial charge in [0.05, 0.1) is 5.69 Å². The lowest BCUT2D eigenvalue weighted by molar-refractivity contribution is 0.0954. The number of aromatic nitrogens is 4. The van der Waals surface area contributed by atoms with E-state index in [9.17, 15) is 4.79 Å². The molecular formula is C16H18N6OS. The van der Waals surface area contributed by atoms with E-state index in [-0.39, 0.29) is 5.91 Å². The van der Waals surface area contributed by atoms with Crippen LogP contribution < -0.4 is 10.6 Å². The first-order valence-corrected chi connectivity index (χ1v) is 8.41. The largest absolute Gasteiger partial charge is 0.362 e.